The van der Waals surface area contributed by atoms with Crippen LogP contribution >= 0.6 is 0 Å². The summed E-state index contributed by atoms with van der Waals surface area (Å²) in [5.74, 6) is 0.273. The van der Waals surface area contributed by atoms with Crippen molar-refractivity contribution in [2.75, 3.05) is 25.6 Å². The van der Waals surface area contributed by atoms with E-state index in [9.17, 15) is 8.42 Å². The number of hydrogen-bond acceptors (Lipinski definition) is 4. The Bertz CT molecular complexity index is 882. The Hall–Kier alpha value is -2.42. The van der Waals surface area contributed by atoms with Crippen molar-refractivity contribution in [2.24, 2.45) is 10.7 Å². The summed E-state index contributed by atoms with van der Waals surface area (Å²) in [6, 6.07) is 14.6. The Kier molecular flexibility index (Phi) is 7.78. The maximum Gasteiger partial charge on any atom is 0.240 e. The molecule has 7 nitrogen and oxygen atoms in total. The van der Waals surface area contributed by atoms with Crippen LogP contribution in [-0.4, -0.2) is 34.6 Å². The van der Waals surface area contributed by atoms with Gasteiger partial charge in [0.15, 0.2) is 5.96 Å². The molecule has 27 heavy (non-hydrogen) atoms. The monoisotopic (exact) mass is 390 g/mol. The highest BCUT2D eigenvalue weighted by Gasteiger charge is 2.13. The Labute approximate surface area is 160 Å². The quantitative estimate of drug-likeness (QED) is 0.345. The van der Waals surface area contributed by atoms with E-state index in [4.69, 9.17) is 10.5 Å². The first-order valence-corrected chi connectivity index (χ1v) is 10.2. The fourth-order valence-electron chi connectivity index (χ4n) is 2.41. The van der Waals surface area contributed by atoms with Crippen LogP contribution < -0.4 is 15.8 Å². The number of nitrogens with one attached hydrogen (secondary N) is 2. The maximum atomic E-state index is 12.3. The third-order valence-corrected chi connectivity index (χ3v) is 5.31. The summed E-state index contributed by atoms with van der Waals surface area (Å²) < 4.78 is 31.9. The zero-order chi connectivity index (χ0) is 19.7. The van der Waals surface area contributed by atoms with Crippen molar-refractivity contribution < 1.29 is 13.2 Å². The van der Waals surface area contributed by atoms with Crippen molar-refractivity contribution in [2.45, 2.75) is 24.8 Å². The van der Waals surface area contributed by atoms with Gasteiger partial charge in [-0.2, -0.15) is 0 Å². The van der Waals surface area contributed by atoms with Crippen molar-refractivity contribution in [1.29, 1.82) is 0 Å². The summed E-state index contributed by atoms with van der Waals surface area (Å²) in [6.45, 7) is 2.88. The molecule has 0 fully saturated rings. The minimum Gasteiger partial charge on any atom is -0.383 e. The summed E-state index contributed by atoms with van der Waals surface area (Å²) in [6.07, 6.45) is 0.937. The molecule has 0 saturated carbocycles. The number of sulfonamides is 1. The van der Waals surface area contributed by atoms with Crippen LogP contribution in [0.4, 0.5) is 5.69 Å². The number of nitrogens with two attached hydrogens (primary N) is 1. The number of ether oxygens (including phenoxy) is 1. The van der Waals surface area contributed by atoms with Crippen LogP contribution in [0, 0.1) is 0 Å². The molecule has 2 rings (SSSR count). The zero-order valence-corrected chi connectivity index (χ0v) is 16.4. The topological polar surface area (TPSA) is 106 Å². The predicted octanol–water partition coefficient (Wildman–Crippen LogP) is 2.10. The molecule has 2 aromatic carbocycles. The molecule has 0 spiro atoms. The second-order valence-corrected chi connectivity index (χ2v) is 7.69. The van der Waals surface area contributed by atoms with Crippen molar-refractivity contribution in [1.82, 2.24) is 4.72 Å². The molecule has 0 aromatic heterocycles. The molecule has 0 bridgehead atoms. The van der Waals surface area contributed by atoms with Crippen LogP contribution in [0.15, 0.2) is 58.4 Å². The predicted molar refractivity (Wildman–Crippen MR) is 108 cm³/mol. The molecular formula is C19H26N4O3S. The minimum atomic E-state index is -3.58. The van der Waals surface area contributed by atoms with Crippen LogP contribution in [-0.2, 0) is 27.7 Å². The Balaban J connectivity index is 2.03. The van der Waals surface area contributed by atoms with Gasteiger partial charge in [0.2, 0.25) is 10.0 Å². The Morgan fingerprint density at radius 3 is 2.63 bits per heavy atom. The van der Waals surface area contributed by atoms with Gasteiger partial charge in [-0.1, -0.05) is 31.2 Å². The normalized spacial score (nSPS) is 12.1. The fraction of sp³-hybridized carbons (Fsp3) is 0.316. The molecule has 0 atom stereocenters. The average Bonchev–Trinajstić information content (AvgIpc) is 2.67. The van der Waals surface area contributed by atoms with E-state index >= 15 is 0 Å². The summed E-state index contributed by atoms with van der Waals surface area (Å²) in [5.41, 5.74) is 8.76. The lowest BCUT2D eigenvalue weighted by Crippen LogP contribution is -2.27. The van der Waals surface area contributed by atoms with Gasteiger partial charge in [0.1, 0.15) is 0 Å². The van der Waals surface area contributed by atoms with E-state index in [0.717, 1.165) is 17.7 Å². The molecule has 0 aliphatic heterocycles. The van der Waals surface area contributed by atoms with Crippen molar-refractivity contribution in [3.63, 3.8) is 0 Å². The molecular weight excluding hydrogens is 364 g/mol. The second kappa shape index (κ2) is 10.1. The first-order valence-electron chi connectivity index (χ1n) is 8.68. The number of aliphatic imine (C=N–C) groups is 1. The number of hydrogen-bond donors (Lipinski definition) is 3. The molecule has 0 radical (unpaired) electrons. The molecule has 0 amide bonds. The number of guanidine groups is 1. The smallest absolute Gasteiger partial charge is 0.240 e. The van der Waals surface area contributed by atoms with Gasteiger partial charge in [-0.15, -0.1) is 0 Å². The fourth-order valence-corrected chi connectivity index (χ4v) is 3.49. The van der Waals surface area contributed by atoms with Gasteiger partial charge in [-0.3, -0.25) is 0 Å². The van der Waals surface area contributed by atoms with E-state index in [1.54, 1.807) is 18.2 Å². The minimum absolute atomic E-state index is 0.188. The second-order valence-electron chi connectivity index (χ2n) is 5.92. The van der Waals surface area contributed by atoms with Gasteiger partial charge < -0.3 is 15.8 Å². The van der Waals surface area contributed by atoms with E-state index in [1.165, 1.54) is 12.7 Å². The number of nitrogens with zero attached hydrogens (tertiary/aromatic N) is 1. The van der Waals surface area contributed by atoms with Crippen LogP contribution in [0.25, 0.3) is 0 Å². The SMILES string of the molecule is CCc1cccc(NC(N)=NCc2cccc(S(=O)(=O)NCCOC)c2)c1. The third kappa shape index (κ3) is 6.67. The molecule has 0 aliphatic carbocycles. The summed E-state index contributed by atoms with van der Waals surface area (Å²) >= 11 is 0. The van der Waals surface area contributed by atoms with Gasteiger partial charge in [-0.05, 0) is 41.8 Å². The lowest BCUT2D eigenvalue weighted by Gasteiger charge is -2.09. The summed E-state index contributed by atoms with van der Waals surface area (Å²) in [5, 5.41) is 3.05. The van der Waals surface area contributed by atoms with Gasteiger partial charge >= 0.3 is 0 Å². The van der Waals surface area contributed by atoms with E-state index in [1.807, 2.05) is 30.3 Å². The highest BCUT2D eigenvalue weighted by molar-refractivity contribution is 7.89. The highest BCUT2D eigenvalue weighted by Crippen LogP contribution is 2.13. The van der Waals surface area contributed by atoms with Gasteiger partial charge in [0.25, 0.3) is 0 Å². The molecule has 2 aromatic rings. The molecule has 0 heterocycles. The van der Waals surface area contributed by atoms with E-state index in [2.05, 4.69) is 22.0 Å². The van der Waals surface area contributed by atoms with Gasteiger partial charge in [-0.25, -0.2) is 18.1 Å². The van der Waals surface area contributed by atoms with Crippen molar-refractivity contribution in [3.8, 4) is 0 Å². The first kappa shape index (κ1) is 20.9. The number of aryl methyl sites for hydroxylation is 1. The first-order chi connectivity index (χ1) is 12.9. The van der Waals surface area contributed by atoms with E-state index in [-0.39, 0.29) is 23.9 Å². The van der Waals surface area contributed by atoms with E-state index in [0.29, 0.717) is 6.61 Å². The zero-order valence-electron chi connectivity index (χ0n) is 15.6. The molecule has 146 valence electrons. The largest absolute Gasteiger partial charge is 0.383 e. The van der Waals surface area contributed by atoms with Crippen LogP contribution in [0.2, 0.25) is 0 Å². The summed E-state index contributed by atoms with van der Waals surface area (Å²) in [4.78, 5) is 4.48. The Morgan fingerprint density at radius 2 is 1.89 bits per heavy atom. The lowest BCUT2D eigenvalue weighted by molar-refractivity contribution is 0.204. The number of benzene rings is 2. The number of methoxy groups -OCH3 is 1. The molecule has 0 aliphatic rings. The molecule has 8 heteroatoms. The molecule has 0 unspecified atom stereocenters. The Morgan fingerprint density at radius 1 is 1.15 bits per heavy atom. The molecule has 4 N–H and O–H groups in total. The number of rotatable bonds is 9. The third-order valence-electron chi connectivity index (χ3n) is 3.85. The number of anilines is 1. The van der Waals surface area contributed by atoms with Gasteiger partial charge in [0.05, 0.1) is 18.0 Å². The van der Waals surface area contributed by atoms with E-state index < -0.39 is 10.0 Å². The standard InChI is InChI=1S/C19H26N4O3S/c1-3-15-6-4-8-17(12-15)23-19(20)21-14-16-7-5-9-18(13-16)27(24,25)22-10-11-26-2/h4-9,12-13,22H,3,10-11,14H2,1-2H3,(H3,20,21,23). The van der Waals surface area contributed by atoms with Crippen LogP contribution in [0.3, 0.4) is 0 Å². The maximum absolute atomic E-state index is 12.3. The average molecular weight is 391 g/mol. The van der Waals surface area contributed by atoms with Crippen LogP contribution in [0.1, 0.15) is 18.1 Å². The van der Waals surface area contributed by atoms with Crippen molar-refractivity contribution in [3.05, 3.63) is 59.7 Å². The summed E-state index contributed by atoms with van der Waals surface area (Å²) in [7, 11) is -2.06. The van der Waals surface area contributed by atoms with Gasteiger partial charge in [0, 0.05) is 19.3 Å². The molecule has 0 saturated heterocycles. The highest BCUT2D eigenvalue weighted by atomic mass is 32.2. The van der Waals surface area contributed by atoms with Crippen LogP contribution in [0.5, 0.6) is 0 Å². The van der Waals surface area contributed by atoms with Crippen molar-refractivity contribution >= 4 is 21.7 Å². The lowest BCUT2D eigenvalue weighted by atomic mass is 10.1.